The molecule has 0 radical (unpaired) electrons. The molecule has 1 aliphatic carbocycles. The zero-order chi connectivity index (χ0) is 20.1. The summed E-state index contributed by atoms with van der Waals surface area (Å²) in [5, 5.41) is 0. The summed E-state index contributed by atoms with van der Waals surface area (Å²) in [7, 11) is -2.07. The summed E-state index contributed by atoms with van der Waals surface area (Å²) in [4.78, 5) is 12.4. The van der Waals surface area contributed by atoms with Gasteiger partial charge in [0.2, 0.25) is 10.0 Å². The van der Waals surface area contributed by atoms with Crippen molar-refractivity contribution in [3.05, 3.63) is 52.5 Å². The molecule has 0 unspecified atom stereocenters. The minimum Gasteiger partial charge on any atom is -0.497 e. The molecule has 0 spiro atoms. The first-order valence-electron chi connectivity index (χ1n) is 8.65. The van der Waals surface area contributed by atoms with E-state index in [4.69, 9.17) is 14.2 Å². The average molecular weight is 470 g/mol. The average Bonchev–Trinajstić information content (AvgIpc) is 3.49. The monoisotopic (exact) mass is 469 g/mol. The van der Waals surface area contributed by atoms with Crippen molar-refractivity contribution in [2.75, 3.05) is 20.3 Å². The van der Waals surface area contributed by atoms with E-state index in [-0.39, 0.29) is 29.7 Å². The number of hydrogen-bond donors (Lipinski definition) is 1. The Morgan fingerprint density at radius 3 is 2.43 bits per heavy atom. The minimum atomic E-state index is -3.65. The van der Waals surface area contributed by atoms with Gasteiger partial charge in [0.15, 0.2) is 0 Å². The molecule has 1 N–H and O–H groups in total. The van der Waals surface area contributed by atoms with Crippen molar-refractivity contribution in [1.82, 2.24) is 4.72 Å². The molecule has 3 rings (SSSR count). The van der Waals surface area contributed by atoms with Crippen LogP contribution in [0.3, 0.4) is 0 Å². The molecule has 0 atom stereocenters. The van der Waals surface area contributed by atoms with E-state index < -0.39 is 16.0 Å². The normalized spacial score (nSPS) is 13.8. The quantitative estimate of drug-likeness (QED) is 0.448. The molecule has 0 amide bonds. The van der Waals surface area contributed by atoms with Gasteiger partial charge in [-0.3, -0.25) is 0 Å². The molecule has 150 valence electrons. The number of methoxy groups -OCH3 is 1. The molecule has 0 heterocycles. The Balaban J connectivity index is 1.56. The fourth-order valence-corrected chi connectivity index (χ4v) is 4.10. The van der Waals surface area contributed by atoms with Gasteiger partial charge in [-0.1, -0.05) is 0 Å². The molecule has 7 nitrogen and oxygen atoms in total. The van der Waals surface area contributed by atoms with Gasteiger partial charge in [-0.25, -0.2) is 17.9 Å². The number of ether oxygens (including phenoxy) is 3. The minimum absolute atomic E-state index is 0.0147. The van der Waals surface area contributed by atoms with Gasteiger partial charge >= 0.3 is 5.97 Å². The summed E-state index contributed by atoms with van der Waals surface area (Å²) in [6, 6.07) is 11.3. The van der Waals surface area contributed by atoms with Crippen LogP contribution in [0.2, 0.25) is 0 Å². The van der Waals surface area contributed by atoms with Crippen LogP contribution in [-0.4, -0.2) is 40.8 Å². The van der Waals surface area contributed by atoms with E-state index in [1.807, 2.05) is 0 Å². The van der Waals surface area contributed by atoms with Gasteiger partial charge in [0.1, 0.15) is 24.7 Å². The molecule has 0 aromatic heterocycles. The van der Waals surface area contributed by atoms with Crippen molar-refractivity contribution in [2.24, 2.45) is 0 Å². The Labute approximate surface area is 172 Å². The summed E-state index contributed by atoms with van der Waals surface area (Å²) < 4.78 is 43.5. The van der Waals surface area contributed by atoms with Crippen LogP contribution in [-0.2, 0) is 14.8 Å². The highest BCUT2D eigenvalue weighted by Crippen LogP contribution is 2.25. The second kappa shape index (κ2) is 8.93. The number of esters is 1. The van der Waals surface area contributed by atoms with Crippen LogP contribution < -0.4 is 14.2 Å². The largest absolute Gasteiger partial charge is 0.497 e. The van der Waals surface area contributed by atoms with Crippen LogP contribution in [0.1, 0.15) is 23.2 Å². The van der Waals surface area contributed by atoms with Crippen LogP contribution in [0.15, 0.2) is 51.8 Å². The first kappa shape index (κ1) is 20.6. The number of carbonyl (C=O) groups excluding carboxylic acids is 1. The number of rotatable bonds is 9. The summed E-state index contributed by atoms with van der Waals surface area (Å²) in [6.45, 7) is 0.186. The van der Waals surface area contributed by atoms with E-state index in [0.717, 1.165) is 18.6 Å². The van der Waals surface area contributed by atoms with Gasteiger partial charge in [-0.15, -0.1) is 0 Å². The first-order chi connectivity index (χ1) is 13.4. The van der Waals surface area contributed by atoms with E-state index in [9.17, 15) is 13.2 Å². The predicted molar refractivity (Wildman–Crippen MR) is 106 cm³/mol. The topological polar surface area (TPSA) is 90.9 Å². The second-order valence-electron chi connectivity index (χ2n) is 6.20. The summed E-state index contributed by atoms with van der Waals surface area (Å²) in [5.74, 6) is 0.709. The van der Waals surface area contributed by atoms with Gasteiger partial charge in [-0.05, 0) is 71.2 Å². The fraction of sp³-hybridized carbons (Fsp3) is 0.316. The number of halogens is 1. The third kappa shape index (κ3) is 5.46. The maximum Gasteiger partial charge on any atom is 0.339 e. The van der Waals surface area contributed by atoms with E-state index in [1.165, 1.54) is 18.2 Å². The zero-order valence-electron chi connectivity index (χ0n) is 15.2. The highest BCUT2D eigenvalue weighted by molar-refractivity contribution is 9.10. The summed E-state index contributed by atoms with van der Waals surface area (Å²) >= 11 is 3.26. The molecule has 1 aliphatic rings. The second-order valence-corrected chi connectivity index (χ2v) is 8.77. The van der Waals surface area contributed by atoms with Crippen LogP contribution in [0.5, 0.6) is 11.5 Å². The predicted octanol–water partition coefficient (Wildman–Crippen LogP) is 3.13. The Bertz CT molecular complexity index is 941. The van der Waals surface area contributed by atoms with E-state index in [1.54, 1.807) is 31.4 Å². The number of benzene rings is 2. The Hall–Kier alpha value is -2.10. The maximum atomic E-state index is 12.3. The lowest BCUT2D eigenvalue weighted by Crippen LogP contribution is -2.26. The molecule has 2 aromatic rings. The van der Waals surface area contributed by atoms with Gasteiger partial charge in [0.05, 0.1) is 17.6 Å². The van der Waals surface area contributed by atoms with E-state index in [0.29, 0.717) is 10.2 Å². The molecule has 0 saturated heterocycles. The van der Waals surface area contributed by atoms with Crippen molar-refractivity contribution in [3.63, 3.8) is 0 Å². The molecular weight excluding hydrogens is 450 g/mol. The van der Waals surface area contributed by atoms with Crippen molar-refractivity contribution >= 4 is 31.9 Å². The lowest BCUT2D eigenvalue weighted by Gasteiger charge is -2.11. The molecule has 0 aliphatic heterocycles. The lowest BCUT2D eigenvalue weighted by atomic mass is 10.2. The fourth-order valence-electron chi connectivity index (χ4n) is 2.36. The molecular formula is C19H20BrNO6S. The molecule has 1 saturated carbocycles. The lowest BCUT2D eigenvalue weighted by molar-refractivity contribution is 0.0449. The zero-order valence-corrected chi connectivity index (χ0v) is 17.6. The first-order valence-corrected chi connectivity index (χ1v) is 10.9. The van der Waals surface area contributed by atoms with Crippen LogP contribution in [0, 0.1) is 0 Å². The van der Waals surface area contributed by atoms with Gasteiger partial charge < -0.3 is 14.2 Å². The highest BCUT2D eigenvalue weighted by Gasteiger charge is 2.28. The highest BCUT2D eigenvalue weighted by atomic mass is 79.9. The van der Waals surface area contributed by atoms with Crippen LogP contribution in [0.25, 0.3) is 0 Å². The molecule has 1 fully saturated rings. The van der Waals surface area contributed by atoms with Crippen molar-refractivity contribution in [2.45, 2.75) is 23.8 Å². The SMILES string of the molecule is COc1ccc(OCCOC(=O)c2cc(S(=O)(=O)NC3CC3)ccc2Br)cc1. The third-order valence-electron chi connectivity index (χ3n) is 4.01. The number of nitrogens with one attached hydrogen (secondary N) is 1. The van der Waals surface area contributed by atoms with E-state index >= 15 is 0 Å². The van der Waals surface area contributed by atoms with Crippen molar-refractivity contribution in [1.29, 1.82) is 0 Å². The number of carbonyl (C=O) groups is 1. The molecule has 28 heavy (non-hydrogen) atoms. The Morgan fingerprint density at radius 1 is 1.11 bits per heavy atom. The van der Waals surface area contributed by atoms with Crippen molar-refractivity contribution in [3.8, 4) is 11.5 Å². The Morgan fingerprint density at radius 2 is 1.79 bits per heavy atom. The number of hydrogen-bond acceptors (Lipinski definition) is 6. The van der Waals surface area contributed by atoms with Crippen LogP contribution in [0.4, 0.5) is 0 Å². The van der Waals surface area contributed by atoms with Crippen molar-refractivity contribution < 1.29 is 27.4 Å². The van der Waals surface area contributed by atoms with Gasteiger partial charge in [0, 0.05) is 10.5 Å². The van der Waals surface area contributed by atoms with Crippen LogP contribution >= 0.6 is 15.9 Å². The standard InChI is InChI=1S/C19H20BrNO6S/c1-25-14-4-6-15(7-5-14)26-10-11-27-19(22)17-12-16(8-9-18(17)20)28(23,24)21-13-2-3-13/h4-9,12-13,21H,2-3,10-11H2,1H3. The van der Waals surface area contributed by atoms with Gasteiger partial charge in [0.25, 0.3) is 0 Å². The smallest absolute Gasteiger partial charge is 0.339 e. The summed E-state index contributed by atoms with van der Waals surface area (Å²) in [5.41, 5.74) is 0.142. The summed E-state index contributed by atoms with van der Waals surface area (Å²) in [6.07, 6.45) is 1.66. The molecule has 0 bridgehead atoms. The van der Waals surface area contributed by atoms with Gasteiger partial charge in [-0.2, -0.15) is 0 Å². The number of sulfonamides is 1. The Kier molecular flexibility index (Phi) is 6.58. The third-order valence-corrected chi connectivity index (χ3v) is 6.22. The molecule has 2 aromatic carbocycles. The molecule has 9 heteroatoms. The maximum absolute atomic E-state index is 12.3. The van der Waals surface area contributed by atoms with E-state index in [2.05, 4.69) is 20.7 Å².